The van der Waals surface area contributed by atoms with Crippen molar-refractivity contribution in [2.75, 3.05) is 38.7 Å². The van der Waals surface area contributed by atoms with Crippen LogP contribution < -0.4 is 0 Å². The lowest BCUT2D eigenvalue weighted by molar-refractivity contribution is 0.0675. The summed E-state index contributed by atoms with van der Waals surface area (Å²) in [5, 5.41) is 8.99. The summed E-state index contributed by atoms with van der Waals surface area (Å²) in [6.07, 6.45) is 1.03. The number of carbonyl (C=O) groups is 1. The molecule has 4 nitrogen and oxygen atoms in total. The molecule has 0 radical (unpaired) electrons. The van der Waals surface area contributed by atoms with E-state index >= 15 is 0 Å². The summed E-state index contributed by atoms with van der Waals surface area (Å²) in [7, 11) is 4.07. The lowest BCUT2D eigenvalue weighted by atomic mass is 10.1. The zero-order chi connectivity index (χ0) is 15.2. The molecule has 1 atom stereocenters. The molecule has 0 bridgehead atoms. The number of nitriles is 1. The fraction of sp³-hybridized carbons (Fsp3) is 0.500. The Morgan fingerprint density at radius 2 is 2.33 bits per heavy atom. The van der Waals surface area contributed by atoms with Gasteiger partial charge in [0.05, 0.1) is 17.7 Å². The zero-order valence-corrected chi connectivity index (χ0v) is 13.4. The van der Waals surface area contributed by atoms with Crippen molar-refractivity contribution in [3.05, 3.63) is 35.4 Å². The van der Waals surface area contributed by atoms with Gasteiger partial charge in [-0.3, -0.25) is 4.79 Å². The molecule has 0 saturated carbocycles. The van der Waals surface area contributed by atoms with Crippen LogP contribution in [-0.4, -0.2) is 60.4 Å². The van der Waals surface area contributed by atoms with Gasteiger partial charge in [-0.05, 0) is 44.5 Å². The van der Waals surface area contributed by atoms with Gasteiger partial charge in [-0.2, -0.15) is 17.0 Å². The molecule has 0 aromatic heterocycles. The molecule has 112 valence electrons. The summed E-state index contributed by atoms with van der Waals surface area (Å²) >= 11 is 1.92. The molecule has 0 aliphatic carbocycles. The molecule has 5 heteroatoms. The molecule has 1 aliphatic rings. The molecule has 0 spiro atoms. The SMILES string of the molecule is CN(C)CC1CSCCCN1C(=O)c1cccc(C#N)c1. The number of benzene rings is 1. The van der Waals surface area contributed by atoms with Crippen LogP contribution in [0.2, 0.25) is 0 Å². The molecule has 1 fully saturated rings. The first-order valence-electron chi connectivity index (χ1n) is 7.15. The van der Waals surface area contributed by atoms with Crippen molar-refractivity contribution in [2.45, 2.75) is 12.5 Å². The molecule has 21 heavy (non-hydrogen) atoms. The summed E-state index contributed by atoms with van der Waals surface area (Å²) in [5.74, 6) is 2.12. The average molecular weight is 303 g/mol. The molecule has 1 aromatic rings. The van der Waals surface area contributed by atoms with Crippen LogP contribution in [0.1, 0.15) is 22.3 Å². The van der Waals surface area contributed by atoms with Crippen LogP contribution in [0, 0.1) is 11.3 Å². The lowest BCUT2D eigenvalue weighted by Gasteiger charge is -2.31. The third kappa shape index (κ3) is 4.23. The minimum atomic E-state index is 0.0430. The molecule has 1 aromatic carbocycles. The number of rotatable bonds is 3. The third-order valence-electron chi connectivity index (χ3n) is 3.51. The Bertz CT molecular complexity index is 539. The molecule has 2 rings (SSSR count). The van der Waals surface area contributed by atoms with Gasteiger partial charge in [-0.1, -0.05) is 6.07 Å². The second-order valence-corrected chi connectivity index (χ2v) is 6.69. The van der Waals surface area contributed by atoms with E-state index < -0.39 is 0 Å². The van der Waals surface area contributed by atoms with E-state index in [9.17, 15) is 4.79 Å². The van der Waals surface area contributed by atoms with E-state index in [1.165, 1.54) is 0 Å². The van der Waals surface area contributed by atoms with Crippen molar-refractivity contribution in [2.24, 2.45) is 0 Å². The van der Waals surface area contributed by atoms with E-state index in [0.717, 1.165) is 31.0 Å². The van der Waals surface area contributed by atoms with Crippen LogP contribution in [0.4, 0.5) is 0 Å². The van der Waals surface area contributed by atoms with Gasteiger partial charge in [-0.25, -0.2) is 0 Å². The smallest absolute Gasteiger partial charge is 0.254 e. The number of amides is 1. The van der Waals surface area contributed by atoms with Crippen molar-refractivity contribution in [3.8, 4) is 6.07 Å². The van der Waals surface area contributed by atoms with Gasteiger partial charge in [0.25, 0.3) is 5.91 Å². The highest BCUT2D eigenvalue weighted by molar-refractivity contribution is 7.99. The van der Waals surface area contributed by atoms with E-state index in [0.29, 0.717) is 11.1 Å². The van der Waals surface area contributed by atoms with Gasteiger partial charge >= 0.3 is 0 Å². The standard InChI is InChI=1S/C16H21N3OS/c1-18(2)11-15-12-21-8-4-7-19(15)16(20)14-6-3-5-13(9-14)10-17/h3,5-6,9,15H,4,7-8,11-12H2,1-2H3. The molecule has 1 aliphatic heterocycles. The van der Waals surface area contributed by atoms with Gasteiger partial charge < -0.3 is 9.80 Å². The fourth-order valence-corrected chi connectivity index (χ4v) is 3.61. The highest BCUT2D eigenvalue weighted by Gasteiger charge is 2.27. The lowest BCUT2D eigenvalue weighted by Crippen LogP contribution is -2.46. The summed E-state index contributed by atoms with van der Waals surface area (Å²) in [6.45, 7) is 1.66. The average Bonchev–Trinajstić information content (AvgIpc) is 2.71. The minimum Gasteiger partial charge on any atom is -0.334 e. The van der Waals surface area contributed by atoms with E-state index in [2.05, 4.69) is 11.0 Å². The first kappa shape index (κ1) is 15.9. The van der Waals surface area contributed by atoms with E-state index in [4.69, 9.17) is 5.26 Å². The van der Waals surface area contributed by atoms with Crippen molar-refractivity contribution in [3.63, 3.8) is 0 Å². The second kappa shape index (κ2) is 7.48. The van der Waals surface area contributed by atoms with Crippen molar-refractivity contribution in [1.29, 1.82) is 5.26 Å². The van der Waals surface area contributed by atoms with Crippen molar-refractivity contribution in [1.82, 2.24) is 9.80 Å². The topological polar surface area (TPSA) is 47.3 Å². The van der Waals surface area contributed by atoms with Crippen LogP contribution in [0.3, 0.4) is 0 Å². The van der Waals surface area contributed by atoms with Crippen LogP contribution in [0.25, 0.3) is 0 Å². The van der Waals surface area contributed by atoms with Crippen LogP contribution in [-0.2, 0) is 0 Å². The number of likely N-dealkylation sites (N-methyl/N-ethyl adjacent to an activating group) is 1. The maximum Gasteiger partial charge on any atom is 0.254 e. The van der Waals surface area contributed by atoms with Crippen LogP contribution in [0.15, 0.2) is 24.3 Å². The molecule has 1 heterocycles. The first-order chi connectivity index (χ1) is 10.1. The van der Waals surface area contributed by atoms with E-state index in [-0.39, 0.29) is 11.9 Å². The summed E-state index contributed by atoms with van der Waals surface area (Å²) in [6, 6.07) is 9.32. The predicted molar refractivity (Wildman–Crippen MR) is 86.5 cm³/mol. The maximum absolute atomic E-state index is 12.8. The van der Waals surface area contributed by atoms with Gasteiger partial charge in [0.2, 0.25) is 0 Å². The summed E-state index contributed by atoms with van der Waals surface area (Å²) in [5.41, 5.74) is 1.15. The second-order valence-electron chi connectivity index (χ2n) is 5.54. The Hall–Kier alpha value is -1.51. The Kier molecular flexibility index (Phi) is 5.66. The quantitative estimate of drug-likeness (QED) is 0.857. The Balaban J connectivity index is 2.22. The number of hydrogen-bond donors (Lipinski definition) is 0. The molecule has 1 unspecified atom stereocenters. The molecule has 0 N–H and O–H groups in total. The fourth-order valence-electron chi connectivity index (χ4n) is 2.56. The minimum absolute atomic E-state index is 0.0430. The summed E-state index contributed by atoms with van der Waals surface area (Å²) in [4.78, 5) is 16.9. The van der Waals surface area contributed by atoms with Crippen molar-refractivity contribution >= 4 is 17.7 Å². The van der Waals surface area contributed by atoms with E-state index in [1.54, 1.807) is 24.3 Å². The highest BCUT2D eigenvalue weighted by atomic mass is 32.2. The Labute approximate surface area is 130 Å². The van der Waals surface area contributed by atoms with Crippen LogP contribution >= 0.6 is 11.8 Å². The van der Waals surface area contributed by atoms with E-state index in [1.807, 2.05) is 30.8 Å². The van der Waals surface area contributed by atoms with Gasteiger partial charge in [0.1, 0.15) is 0 Å². The van der Waals surface area contributed by atoms with Gasteiger partial charge in [0, 0.05) is 24.4 Å². The first-order valence-corrected chi connectivity index (χ1v) is 8.31. The predicted octanol–water partition coefficient (Wildman–Crippen LogP) is 2.07. The molecular formula is C16H21N3OS. The monoisotopic (exact) mass is 303 g/mol. The number of carbonyl (C=O) groups excluding carboxylic acids is 1. The molecule has 1 amide bonds. The zero-order valence-electron chi connectivity index (χ0n) is 12.6. The Morgan fingerprint density at radius 1 is 1.52 bits per heavy atom. The largest absolute Gasteiger partial charge is 0.334 e. The van der Waals surface area contributed by atoms with Crippen LogP contribution in [0.5, 0.6) is 0 Å². The number of hydrogen-bond acceptors (Lipinski definition) is 4. The summed E-state index contributed by atoms with van der Waals surface area (Å²) < 4.78 is 0. The molecular weight excluding hydrogens is 282 g/mol. The molecule has 1 saturated heterocycles. The number of nitrogens with zero attached hydrogens (tertiary/aromatic N) is 3. The third-order valence-corrected chi connectivity index (χ3v) is 4.71. The normalized spacial score (nSPS) is 19.1. The van der Waals surface area contributed by atoms with Gasteiger partial charge in [0.15, 0.2) is 0 Å². The van der Waals surface area contributed by atoms with Gasteiger partial charge in [-0.15, -0.1) is 0 Å². The number of thioether (sulfide) groups is 1. The highest BCUT2D eigenvalue weighted by Crippen LogP contribution is 2.19. The maximum atomic E-state index is 12.8. The Morgan fingerprint density at radius 3 is 3.05 bits per heavy atom. The van der Waals surface area contributed by atoms with Crippen molar-refractivity contribution < 1.29 is 4.79 Å².